The number of rotatable bonds is 6. The van der Waals surface area contributed by atoms with E-state index < -0.39 is 0 Å². The largest absolute Gasteiger partial charge is 0.496 e. The number of ether oxygens (including phenoxy) is 3. The van der Waals surface area contributed by atoms with Crippen LogP contribution < -0.4 is 25.3 Å². The van der Waals surface area contributed by atoms with Crippen LogP contribution >= 0.6 is 11.3 Å². The highest BCUT2D eigenvalue weighted by Crippen LogP contribution is 2.32. The van der Waals surface area contributed by atoms with Crippen molar-refractivity contribution >= 4 is 22.4 Å². The van der Waals surface area contributed by atoms with E-state index in [2.05, 4.69) is 21.4 Å². The second-order valence-corrected chi connectivity index (χ2v) is 7.28. The zero-order valence-corrected chi connectivity index (χ0v) is 17.1. The van der Waals surface area contributed by atoms with Gasteiger partial charge in [-0.15, -0.1) is 11.3 Å². The standard InChI is InChI=1S/C21H22N4O3S/c1-26-18-4-3-5-19(27-2)15(18)11-23-20(22)25-21-24-16(12-29-21)13-6-7-17-14(10-13)8-9-28-17/h3-7,10,12H,8-9,11H2,1-2H3,(H3,22,23,24,25). The van der Waals surface area contributed by atoms with Gasteiger partial charge in [0.1, 0.15) is 17.2 Å². The van der Waals surface area contributed by atoms with Crippen LogP contribution in [0.5, 0.6) is 17.2 Å². The SMILES string of the molecule is COc1cccc(OC)c1CN=C(N)Nc1nc(-c2ccc3c(c2)CCO3)cs1. The minimum absolute atomic E-state index is 0.279. The van der Waals surface area contributed by atoms with Gasteiger partial charge < -0.3 is 25.3 Å². The summed E-state index contributed by atoms with van der Waals surface area (Å²) in [6, 6.07) is 11.8. The van der Waals surface area contributed by atoms with E-state index in [1.54, 1.807) is 14.2 Å². The zero-order chi connectivity index (χ0) is 20.2. The number of aromatic nitrogens is 1. The summed E-state index contributed by atoms with van der Waals surface area (Å²) in [6.45, 7) is 1.07. The summed E-state index contributed by atoms with van der Waals surface area (Å²) >= 11 is 1.48. The number of benzene rings is 2. The Labute approximate surface area is 173 Å². The van der Waals surface area contributed by atoms with Crippen molar-refractivity contribution < 1.29 is 14.2 Å². The molecule has 0 aliphatic carbocycles. The van der Waals surface area contributed by atoms with Crippen molar-refractivity contribution in [1.82, 2.24) is 4.98 Å². The van der Waals surface area contributed by atoms with Gasteiger partial charge >= 0.3 is 0 Å². The van der Waals surface area contributed by atoms with E-state index in [4.69, 9.17) is 19.9 Å². The molecule has 1 aliphatic rings. The Morgan fingerprint density at radius 3 is 2.79 bits per heavy atom. The fourth-order valence-corrected chi connectivity index (χ4v) is 3.93. The number of nitrogens with one attached hydrogen (secondary N) is 1. The number of methoxy groups -OCH3 is 2. The predicted octanol–water partition coefficient (Wildman–Crippen LogP) is 3.69. The fraction of sp³-hybridized carbons (Fsp3) is 0.238. The molecule has 2 heterocycles. The lowest BCUT2D eigenvalue weighted by molar-refractivity contribution is 0.357. The molecule has 0 atom stereocenters. The average molecular weight is 410 g/mol. The molecule has 4 rings (SSSR count). The maximum absolute atomic E-state index is 6.07. The number of thiazole rings is 1. The normalized spacial score (nSPS) is 13.0. The Morgan fingerprint density at radius 1 is 1.24 bits per heavy atom. The minimum atomic E-state index is 0.279. The van der Waals surface area contributed by atoms with Gasteiger partial charge in [-0.05, 0) is 35.9 Å². The summed E-state index contributed by atoms with van der Waals surface area (Å²) in [5.41, 5.74) is 10.1. The number of hydrogen-bond donors (Lipinski definition) is 2. The average Bonchev–Trinajstić information content (AvgIpc) is 3.40. The first-order valence-corrected chi connectivity index (χ1v) is 10.0. The van der Waals surface area contributed by atoms with Gasteiger partial charge in [0.25, 0.3) is 0 Å². The summed E-state index contributed by atoms with van der Waals surface area (Å²) in [6.07, 6.45) is 0.935. The molecule has 2 aromatic carbocycles. The highest BCUT2D eigenvalue weighted by molar-refractivity contribution is 7.14. The Hall–Kier alpha value is -3.26. The molecule has 3 aromatic rings. The summed E-state index contributed by atoms with van der Waals surface area (Å²) in [5, 5.41) is 5.74. The smallest absolute Gasteiger partial charge is 0.195 e. The summed E-state index contributed by atoms with van der Waals surface area (Å²) in [4.78, 5) is 9.03. The molecule has 0 saturated heterocycles. The molecule has 1 aromatic heterocycles. The molecule has 0 amide bonds. The number of hydrogen-bond acceptors (Lipinski definition) is 6. The Morgan fingerprint density at radius 2 is 2.03 bits per heavy atom. The molecule has 0 unspecified atom stereocenters. The zero-order valence-electron chi connectivity index (χ0n) is 16.3. The van der Waals surface area contributed by atoms with Crippen LogP contribution in [0.25, 0.3) is 11.3 Å². The van der Waals surface area contributed by atoms with Crippen LogP contribution in [0.15, 0.2) is 46.8 Å². The van der Waals surface area contributed by atoms with Gasteiger partial charge in [0, 0.05) is 17.4 Å². The van der Waals surface area contributed by atoms with Crippen LogP contribution in [0.3, 0.4) is 0 Å². The van der Waals surface area contributed by atoms with Crippen molar-refractivity contribution in [2.24, 2.45) is 10.7 Å². The molecule has 8 heteroatoms. The molecule has 0 saturated carbocycles. The highest BCUT2D eigenvalue weighted by atomic mass is 32.1. The molecule has 150 valence electrons. The van der Waals surface area contributed by atoms with E-state index >= 15 is 0 Å². The number of nitrogens with two attached hydrogens (primary N) is 1. The van der Waals surface area contributed by atoms with E-state index in [1.165, 1.54) is 16.9 Å². The maximum Gasteiger partial charge on any atom is 0.195 e. The van der Waals surface area contributed by atoms with Crippen molar-refractivity contribution in [3.8, 4) is 28.5 Å². The molecule has 29 heavy (non-hydrogen) atoms. The van der Waals surface area contributed by atoms with Crippen molar-refractivity contribution in [3.63, 3.8) is 0 Å². The second-order valence-electron chi connectivity index (χ2n) is 6.43. The first-order chi connectivity index (χ1) is 14.2. The van der Waals surface area contributed by atoms with Crippen LogP contribution in [0, 0.1) is 0 Å². The first kappa shape index (κ1) is 19.1. The summed E-state index contributed by atoms with van der Waals surface area (Å²) in [5.74, 6) is 2.66. The van der Waals surface area contributed by atoms with Crippen molar-refractivity contribution in [3.05, 3.63) is 52.9 Å². The van der Waals surface area contributed by atoms with E-state index in [1.807, 2.05) is 35.7 Å². The number of guanidine groups is 1. The summed E-state index contributed by atoms with van der Waals surface area (Å²) in [7, 11) is 3.23. The quantitative estimate of drug-likeness (QED) is 0.476. The molecule has 1 aliphatic heterocycles. The van der Waals surface area contributed by atoms with Crippen LogP contribution in [0.4, 0.5) is 5.13 Å². The van der Waals surface area contributed by atoms with Gasteiger partial charge in [-0.1, -0.05) is 6.07 Å². The molecule has 7 nitrogen and oxygen atoms in total. The Kier molecular flexibility index (Phi) is 5.53. The molecule has 0 spiro atoms. The lowest BCUT2D eigenvalue weighted by Gasteiger charge is -2.11. The van der Waals surface area contributed by atoms with E-state index in [0.29, 0.717) is 23.2 Å². The van der Waals surface area contributed by atoms with E-state index in [0.717, 1.165) is 35.6 Å². The van der Waals surface area contributed by atoms with Gasteiger partial charge in [0.05, 0.1) is 38.6 Å². The van der Waals surface area contributed by atoms with Crippen LogP contribution in [0.2, 0.25) is 0 Å². The van der Waals surface area contributed by atoms with Gasteiger partial charge in [-0.3, -0.25) is 0 Å². The highest BCUT2D eigenvalue weighted by Gasteiger charge is 2.14. The number of fused-ring (bicyclic) bond motifs is 1. The third-order valence-electron chi connectivity index (χ3n) is 4.66. The molecular weight excluding hydrogens is 388 g/mol. The van der Waals surface area contributed by atoms with Gasteiger partial charge in [0.15, 0.2) is 11.1 Å². The van der Waals surface area contributed by atoms with Crippen molar-refractivity contribution in [2.75, 3.05) is 26.1 Å². The number of aliphatic imine (C=N–C) groups is 1. The van der Waals surface area contributed by atoms with Gasteiger partial charge in [-0.2, -0.15) is 0 Å². The second kappa shape index (κ2) is 8.40. The predicted molar refractivity (Wildman–Crippen MR) is 115 cm³/mol. The molecule has 0 bridgehead atoms. The maximum atomic E-state index is 6.07. The lowest BCUT2D eigenvalue weighted by atomic mass is 10.1. The van der Waals surface area contributed by atoms with E-state index in [9.17, 15) is 0 Å². The molecular formula is C21H22N4O3S. The van der Waals surface area contributed by atoms with Gasteiger partial charge in [-0.25, -0.2) is 9.98 Å². The minimum Gasteiger partial charge on any atom is -0.496 e. The first-order valence-electron chi connectivity index (χ1n) is 9.16. The van der Waals surface area contributed by atoms with Crippen molar-refractivity contribution in [1.29, 1.82) is 0 Å². The third-order valence-corrected chi connectivity index (χ3v) is 5.42. The lowest BCUT2D eigenvalue weighted by Crippen LogP contribution is -2.22. The number of anilines is 1. The van der Waals surface area contributed by atoms with Crippen LogP contribution in [-0.4, -0.2) is 31.8 Å². The van der Waals surface area contributed by atoms with E-state index in [-0.39, 0.29) is 5.96 Å². The Balaban J connectivity index is 1.46. The summed E-state index contributed by atoms with van der Waals surface area (Å²) < 4.78 is 16.3. The fourth-order valence-electron chi connectivity index (χ4n) is 3.21. The van der Waals surface area contributed by atoms with Crippen molar-refractivity contribution in [2.45, 2.75) is 13.0 Å². The molecule has 3 N–H and O–H groups in total. The van der Waals surface area contributed by atoms with Gasteiger partial charge in [0.2, 0.25) is 0 Å². The van der Waals surface area contributed by atoms with Crippen LogP contribution in [-0.2, 0) is 13.0 Å². The third kappa shape index (κ3) is 4.12. The Bertz CT molecular complexity index is 1030. The topological polar surface area (TPSA) is 91.0 Å². The monoisotopic (exact) mass is 410 g/mol. The molecule has 0 fully saturated rings. The molecule has 0 radical (unpaired) electrons. The van der Waals surface area contributed by atoms with Crippen LogP contribution in [0.1, 0.15) is 11.1 Å². The number of nitrogens with zero attached hydrogens (tertiary/aromatic N) is 2.